The van der Waals surface area contributed by atoms with Gasteiger partial charge in [-0.15, -0.1) is 0 Å². The SMILES string of the molecule is CC(C)N=c1ccccn1C(=O)CCNC(=O)c1ccc(Br)cc1. The van der Waals surface area contributed by atoms with Crippen LogP contribution in [-0.4, -0.2) is 29.0 Å². The molecule has 126 valence electrons. The van der Waals surface area contributed by atoms with E-state index in [-0.39, 0.29) is 30.8 Å². The Hall–Kier alpha value is -2.21. The first kappa shape index (κ1) is 18.1. The van der Waals surface area contributed by atoms with Crippen molar-refractivity contribution in [3.05, 3.63) is 64.2 Å². The third-order valence-electron chi connectivity index (χ3n) is 3.23. The minimum absolute atomic E-state index is 0.101. The van der Waals surface area contributed by atoms with Crippen molar-refractivity contribution >= 4 is 27.7 Å². The highest BCUT2D eigenvalue weighted by Gasteiger charge is 2.08. The van der Waals surface area contributed by atoms with Gasteiger partial charge in [0, 0.05) is 35.2 Å². The fraction of sp³-hybridized carbons (Fsp3) is 0.278. The molecule has 0 aliphatic rings. The summed E-state index contributed by atoms with van der Waals surface area (Å²) in [4.78, 5) is 28.8. The number of carbonyl (C=O) groups is 2. The molecule has 1 amide bonds. The molecule has 0 aliphatic carbocycles. The Morgan fingerprint density at radius 3 is 2.54 bits per heavy atom. The van der Waals surface area contributed by atoms with Gasteiger partial charge in [-0.25, -0.2) is 0 Å². The van der Waals surface area contributed by atoms with Crippen molar-refractivity contribution < 1.29 is 9.59 Å². The number of carbonyl (C=O) groups excluding carboxylic acids is 2. The quantitative estimate of drug-likeness (QED) is 0.853. The predicted octanol–water partition coefficient (Wildman–Crippen LogP) is 3.02. The highest BCUT2D eigenvalue weighted by Crippen LogP contribution is 2.10. The van der Waals surface area contributed by atoms with Gasteiger partial charge in [-0.05, 0) is 50.2 Å². The van der Waals surface area contributed by atoms with E-state index in [1.54, 1.807) is 42.6 Å². The normalized spacial score (nSPS) is 11.6. The van der Waals surface area contributed by atoms with Crippen LogP contribution in [0.15, 0.2) is 58.1 Å². The number of halogens is 1. The zero-order valence-corrected chi connectivity index (χ0v) is 15.3. The van der Waals surface area contributed by atoms with Crippen molar-refractivity contribution in [1.82, 2.24) is 9.88 Å². The molecule has 1 aromatic carbocycles. The molecule has 0 unspecified atom stereocenters. The minimum atomic E-state index is -0.194. The lowest BCUT2D eigenvalue weighted by atomic mass is 10.2. The lowest BCUT2D eigenvalue weighted by molar-refractivity contribution is 0.0888. The highest BCUT2D eigenvalue weighted by atomic mass is 79.9. The van der Waals surface area contributed by atoms with Gasteiger partial charge in [0.2, 0.25) is 5.91 Å². The number of rotatable bonds is 5. The molecule has 2 rings (SSSR count). The number of amides is 1. The third-order valence-corrected chi connectivity index (χ3v) is 3.76. The minimum Gasteiger partial charge on any atom is -0.352 e. The summed E-state index contributed by atoms with van der Waals surface area (Å²) in [5.74, 6) is -0.299. The van der Waals surface area contributed by atoms with Crippen LogP contribution in [0.25, 0.3) is 0 Å². The monoisotopic (exact) mass is 389 g/mol. The van der Waals surface area contributed by atoms with E-state index in [1.165, 1.54) is 4.57 Å². The van der Waals surface area contributed by atoms with Crippen molar-refractivity contribution in [3.8, 4) is 0 Å². The molecule has 1 aromatic heterocycles. The molecular formula is C18H20BrN3O2. The smallest absolute Gasteiger partial charge is 0.251 e. The highest BCUT2D eigenvalue weighted by molar-refractivity contribution is 9.10. The van der Waals surface area contributed by atoms with Gasteiger partial charge in [0.15, 0.2) is 0 Å². The first-order chi connectivity index (χ1) is 11.5. The second kappa shape index (κ2) is 8.59. The summed E-state index contributed by atoms with van der Waals surface area (Å²) in [5.41, 5.74) is 1.19. The van der Waals surface area contributed by atoms with Gasteiger partial charge in [-0.1, -0.05) is 22.0 Å². The van der Waals surface area contributed by atoms with E-state index in [4.69, 9.17) is 0 Å². The van der Waals surface area contributed by atoms with E-state index in [2.05, 4.69) is 26.2 Å². The van der Waals surface area contributed by atoms with Gasteiger partial charge in [-0.2, -0.15) is 0 Å². The van der Waals surface area contributed by atoms with E-state index in [0.717, 1.165) is 4.47 Å². The van der Waals surface area contributed by atoms with Crippen LogP contribution in [0, 0.1) is 0 Å². The molecule has 0 spiro atoms. The number of pyridine rings is 1. The lowest BCUT2D eigenvalue weighted by Gasteiger charge is -2.08. The van der Waals surface area contributed by atoms with Crippen LogP contribution < -0.4 is 10.8 Å². The molecule has 0 fully saturated rings. The van der Waals surface area contributed by atoms with E-state index in [1.807, 2.05) is 19.9 Å². The molecule has 0 aliphatic heterocycles. The molecule has 0 atom stereocenters. The molecule has 6 heteroatoms. The topological polar surface area (TPSA) is 63.5 Å². The number of aromatic nitrogens is 1. The van der Waals surface area contributed by atoms with Crippen LogP contribution in [0.1, 0.15) is 35.4 Å². The Balaban J connectivity index is 1.97. The number of nitrogens with one attached hydrogen (secondary N) is 1. The molecular weight excluding hydrogens is 370 g/mol. The molecule has 24 heavy (non-hydrogen) atoms. The summed E-state index contributed by atoms with van der Waals surface area (Å²) in [6.45, 7) is 4.19. The van der Waals surface area contributed by atoms with Crippen molar-refractivity contribution in [2.45, 2.75) is 26.3 Å². The van der Waals surface area contributed by atoms with Crippen molar-refractivity contribution in [2.24, 2.45) is 4.99 Å². The Morgan fingerprint density at radius 2 is 1.88 bits per heavy atom. The van der Waals surface area contributed by atoms with Gasteiger partial charge in [0.1, 0.15) is 5.49 Å². The predicted molar refractivity (Wildman–Crippen MR) is 96.8 cm³/mol. The Bertz CT molecular complexity index is 779. The molecule has 0 bridgehead atoms. The lowest BCUT2D eigenvalue weighted by Crippen LogP contribution is -2.31. The van der Waals surface area contributed by atoms with E-state index in [9.17, 15) is 9.59 Å². The van der Waals surface area contributed by atoms with Crippen LogP contribution in [0.2, 0.25) is 0 Å². The van der Waals surface area contributed by atoms with E-state index in [0.29, 0.717) is 11.1 Å². The zero-order chi connectivity index (χ0) is 17.5. The summed E-state index contributed by atoms with van der Waals surface area (Å²) in [6.07, 6.45) is 1.90. The van der Waals surface area contributed by atoms with Gasteiger partial charge in [0.25, 0.3) is 5.91 Å². The van der Waals surface area contributed by atoms with Crippen LogP contribution in [0.5, 0.6) is 0 Å². The Labute approximate surface area is 149 Å². The van der Waals surface area contributed by atoms with Crippen LogP contribution in [0.4, 0.5) is 0 Å². The Kier molecular flexibility index (Phi) is 6.49. The number of hydrogen-bond acceptors (Lipinski definition) is 3. The number of nitrogens with zero attached hydrogens (tertiary/aromatic N) is 2. The molecule has 5 nitrogen and oxygen atoms in total. The number of benzene rings is 1. The maximum absolute atomic E-state index is 12.4. The van der Waals surface area contributed by atoms with Crippen LogP contribution >= 0.6 is 15.9 Å². The van der Waals surface area contributed by atoms with E-state index < -0.39 is 0 Å². The summed E-state index contributed by atoms with van der Waals surface area (Å²) in [7, 11) is 0. The van der Waals surface area contributed by atoms with Crippen molar-refractivity contribution in [2.75, 3.05) is 6.54 Å². The zero-order valence-electron chi connectivity index (χ0n) is 13.7. The molecule has 2 aromatic rings. The fourth-order valence-electron chi connectivity index (χ4n) is 2.12. The largest absolute Gasteiger partial charge is 0.352 e. The summed E-state index contributed by atoms with van der Waals surface area (Å²) < 4.78 is 2.43. The van der Waals surface area contributed by atoms with E-state index >= 15 is 0 Å². The van der Waals surface area contributed by atoms with Gasteiger partial charge in [-0.3, -0.25) is 19.1 Å². The molecule has 1 N–H and O–H groups in total. The average molecular weight is 390 g/mol. The first-order valence-electron chi connectivity index (χ1n) is 7.76. The molecule has 0 radical (unpaired) electrons. The Morgan fingerprint density at radius 1 is 1.17 bits per heavy atom. The second-order valence-electron chi connectivity index (χ2n) is 5.56. The van der Waals surface area contributed by atoms with Crippen LogP contribution in [-0.2, 0) is 0 Å². The summed E-state index contributed by atoms with van der Waals surface area (Å²) in [5, 5.41) is 2.76. The fourth-order valence-corrected chi connectivity index (χ4v) is 2.39. The second-order valence-corrected chi connectivity index (χ2v) is 6.47. The van der Waals surface area contributed by atoms with Gasteiger partial charge >= 0.3 is 0 Å². The third kappa shape index (κ3) is 5.16. The average Bonchev–Trinajstić information content (AvgIpc) is 2.55. The van der Waals surface area contributed by atoms with Gasteiger partial charge in [0.05, 0.1) is 0 Å². The van der Waals surface area contributed by atoms with Crippen LogP contribution in [0.3, 0.4) is 0 Å². The molecule has 1 heterocycles. The summed E-state index contributed by atoms with van der Waals surface area (Å²) >= 11 is 3.33. The maximum atomic E-state index is 12.4. The first-order valence-corrected chi connectivity index (χ1v) is 8.55. The molecule has 0 saturated heterocycles. The standard InChI is InChI=1S/C18H20BrN3O2/c1-13(2)21-16-5-3-4-12-22(16)17(23)10-11-20-18(24)14-6-8-15(19)9-7-14/h3-9,12-13H,10-11H2,1-2H3,(H,20,24). The maximum Gasteiger partial charge on any atom is 0.251 e. The van der Waals surface area contributed by atoms with Crippen molar-refractivity contribution in [1.29, 1.82) is 0 Å². The molecule has 0 saturated carbocycles. The van der Waals surface area contributed by atoms with Crippen molar-refractivity contribution in [3.63, 3.8) is 0 Å². The summed E-state index contributed by atoms with van der Waals surface area (Å²) in [6, 6.07) is 12.6. The van der Waals surface area contributed by atoms with Gasteiger partial charge < -0.3 is 5.32 Å². The number of hydrogen-bond donors (Lipinski definition) is 1.